The minimum atomic E-state index is -0.428. The van der Waals surface area contributed by atoms with Crippen molar-refractivity contribution in [3.05, 3.63) is 66.6 Å². The van der Waals surface area contributed by atoms with Crippen molar-refractivity contribution in [2.24, 2.45) is 7.05 Å². The lowest BCUT2D eigenvalue weighted by molar-refractivity contribution is 0.584. The van der Waals surface area contributed by atoms with E-state index in [1.807, 2.05) is 38.5 Å². The van der Waals surface area contributed by atoms with Crippen LogP contribution in [-0.2, 0) is 7.05 Å². The average molecular weight is 293 g/mol. The molecular formula is C17H15FN4. The van der Waals surface area contributed by atoms with E-state index in [-0.39, 0.29) is 0 Å². The van der Waals surface area contributed by atoms with E-state index < -0.39 is 5.95 Å². The van der Waals surface area contributed by atoms with Crippen LogP contribution >= 0.6 is 0 Å². The van der Waals surface area contributed by atoms with Gasteiger partial charge in [-0.3, -0.25) is 4.98 Å². The summed E-state index contributed by atoms with van der Waals surface area (Å²) in [6.45, 7) is 2.01. The number of halogens is 1. The highest BCUT2D eigenvalue weighted by atomic mass is 18.2. The summed E-state index contributed by atoms with van der Waals surface area (Å²) in [6, 6.07) is 10.7. The summed E-state index contributed by atoms with van der Waals surface area (Å²) in [6.07, 6.45) is 5.12. The number of fused-ring (bicyclic) bond motifs is 3. The van der Waals surface area contributed by atoms with Crippen molar-refractivity contribution in [2.75, 3.05) is 0 Å². The third kappa shape index (κ3) is 2.65. The molecule has 4 aromatic rings. The molecule has 0 unspecified atom stereocenters. The van der Waals surface area contributed by atoms with Crippen LogP contribution in [0.3, 0.4) is 0 Å². The van der Waals surface area contributed by atoms with Gasteiger partial charge in [-0.15, -0.1) is 0 Å². The Morgan fingerprint density at radius 2 is 1.86 bits per heavy atom. The summed E-state index contributed by atoms with van der Waals surface area (Å²) in [5, 5.41) is 2.34. The maximum atomic E-state index is 11.8. The molecule has 0 amide bonds. The summed E-state index contributed by atoms with van der Waals surface area (Å²) in [7, 11) is 2.04. The lowest BCUT2D eigenvalue weighted by Gasteiger charge is -1.96. The minimum Gasteiger partial charge on any atom is -0.328 e. The van der Waals surface area contributed by atoms with Crippen molar-refractivity contribution in [2.45, 2.75) is 6.92 Å². The molecule has 0 saturated heterocycles. The number of aryl methyl sites for hydroxylation is 2. The molecule has 5 heteroatoms. The van der Waals surface area contributed by atoms with Crippen LogP contribution in [0.1, 0.15) is 5.69 Å². The van der Waals surface area contributed by atoms with Gasteiger partial charge in [-0.05, 0) is 37.3 Å². The van der Waals surface area contributed by atoms with E-state index in [0.717, 1.165) is 11.3 Å². The molecule has 4 heterocycles. The van der Waals surface area contributed by atoms with E-state index in [4.69, 9.17) is 0 Å². The van der Waals surface area contributed by atoms with Crippen molar-refractivity contribution in [3.63, 3.8) is 0 Å². The van der Waals surface area contributed by atoms with Crippen LogP contribution in [0.5, 0.6) is 0 Å². The fourth-order valence-electron chi connectivity index (χ4n) is 2.35. The zero-order valence-corrected chi connectivity index (χ0v) is 12.4. The molecule has 0 spiro atoms. The van der Waals surface area contributed by atoms with Gasteiger partial charge in [-0.2, -0.15) is 4.39 Å². The number of aromatic nitrogens is 4. The van der Waals surface area contributed by atoms with E-state index >= 15 is 0 Å². The SMILES string of the molecule is Cc1ccc2c3cnccc3n(C)c2n1.[18F]c1ccccn1. The van der Waals surface area contributed by atoms with E-state index in [9.17, 15) is 4.39 Å². The largest absolute Gasteiger partial charge is 0.328 e. The third-order valence-electron chi connectivity index (χ3n) is 3.41. The van der Waals surface area contributed by atoms with Crippen LogP contribution < -0.4 is 0 Å². The van der Waals surface area contributed by atoms with Gasteiger partial charge in [0.1, 0.15) is 5.65 Å². The molecule has 110 valence electrons. The predicted octanol–water partition coefficient (Wildman–Crippen LogP) is 3.65. The summed E-state index contributed by atoms with van der Waals surface area (Å²) in [5.41, 5.74) is 3.25. The normalized spacial score (nSPS) is 10.5. The standard InChI is InChI=1S/C12H11N3.C5H4FN/c1-8-3-4-9-10-7-13-6-5-11(10)15(2)12(9)14-8;6-5-3-1-2-4-7-5/h3-7H,1-2H3;1-4H/i;6-1. The maximum Gasteiger partial charge on any atom is 0.212 e. The van der Waals surface area contributed by atoms with Gasteiger partial charge in [0.05, 0.1) is 5.52 Å². The molecule has 22 heavy (non-hydrogen) atoms. The molecule has 0 aliphatic rings. The number of pyridine rings is 3. The van der Waals surface area contributed by atoms with Crippen molar-refractivity contribution in [1.82, 2.24) is 19.5 Å². The van der Waals surface area contributed by atoms with Gasteiger partial charge in [0.25, 0.3) is 0 Å². The smallest absolute Gasteiger partial charge is 0.212 e. The topological polar surface area (TPSA) is 43.6 Å². The van der Waals surface area contributed by atoms with Crippen LogP contribution in [0, 0.1) is 12.9 Å². The van der Waals surface area contributed by atoms with Crippen LogP contribution in [0.4, 0.5) is 4.39 Å². The lowest BCUT2D eigenvalue weighted by atomic mass is 10.2. The van der Waals surface area contributed by atoms with Gasteiger partial charge in [0.15, 0.2) is 0 Å². The number of hydrogen-bond acceptors (Lipinski definition) is 3. The van der Waals surface area contributed by atoms with E-state index in [2.05, 4.69) is 25.6 Å². The monoisotopic (exact) mass is 293 g/mol. The first kappa shape index (κ1) is 14.1. The fraction of sp³-hybridized carbons (Fsp3) is 0.118. The number of hydrogen-bond donors (Lipinski definition) is 0. The van der Waals surface area contributed by atoms with Crippen molar-refractivity contribution in [3.8, 4) is 0 Å². The molecule has 4 nitrogen and oxygen atoms in total. The second-order valence-electron chi connectivity index (χ2n) is 4.93. The van der Waals surface area contributed by atoms with Crippen LogP contribution in [0.15, 0.2) is 55.0 Å². The molecule has 4 aromatic heterocycles. The van der Waals surface area contributed by atoms with Crippen molar-refractivity contribution in [1.29, 1.82) is 0 Å². The highest BCUT2D eigenvalue weighted by Gasteiger charge is 2.08. The lowest BCUT2D eigenvalue weighted by Crippen LogP contribution is -1.90. The van der Waals surface area contributed by atoms with Crippen molar-refractivity contribution < 1.29 is 4.39 Å². The molecule has 0 atom stereocenters. The second kappa shape index (κ2) is 5.89. The van der Waals surface area contributed by atoms with Gasteiger partial charge in [-0.1, -0.05) is 6.07 Å². The molecule has 0 aromatic carbocycles. The summed E-state index contributed by atoms with van der Waals surface area (Å²) >= 11 is 0. The zero-order chi connectivity index (χ0) is 15.5. The number of rotatable bonds is 0. The number of nitrogens with zero attached hydrogens (tertiary/aromatic N) is 4. The van der Waals surface area contributed by atoms with Crippen LogP contribution in [0.2, 0.25) is 0 Å². The van der Waals surface area contributed by atoms with Crippen LogP contribution in [-0.4, -0.2) is 19.5 Å². The quantitative estimate of drug-likeness (QED) is 0.465. The van der Waals surface area contributed by atoms with Gasteiger partial charge in [0, 0.05) is 42.1 Å². The Morgan fingerprint density at radius 1 is 1.00 bits per heavy atom. The molecule has 0 fully saturated rings. The van der Waals surface area contributed by atoms with Crippen molar-refractivity contribution >= 4 is 21.9 Å². The minimum absolute atomic E-state index is 0.428. The summed E-state index contributed by atoms with van der Waals surface area (Å²) in [4.78, 5) is 12.0. The maximum absolute atomic E-state index is 11.8. The second-order valence-corrected chi connectivity index (χ2v) is 4.93. The molecule has 0 radical (unpaired) electrons. The Morgan fingerprint density at radius 3 is 2.55 bits per heavy atom. The fourth-order valence-corrected chi connectivity index (χ4v) is 2.35. The Balaban J connectivity index is 0.000000174. The first-order valence-electron chi connectivity index (χ1n) is 6.89. The Kier molecular flexibility index (Phi) is 3.78. The third-order valence-corrected chi connectivity index (χ3v) is 3.41. The first-order valence-corrected chi connectivity index (χ1v) is 6.89. The molecule has 0 saturated carbocycles. The summed E-state index contributed by atoms with van der Waals surface area (Å²) in [5.74, 6) is -0.428. The molecule has 0 aliphatic carbocycles. The molecular weight excluding hydrogens is 278 g/mol. The van der Waals surface area contributed by atoms with Gasteiger partial charge >= 0.3 is 0 Å². The van der Waals surface area contributed by atoms with Crippen LogP contribution in [0.25, 0.3) is 21.9 Å². The van der Waals surface area contributed by atoms with E-state index in [0.29, 0.717) is 0 Å². The highest BCUT2D eigenvalue weighted by Crippen LogP contribution is 2.25. The Hall–Kier alpha value is -2.82. The Labute approximate surface area is 127 Å². The molecule has 0 aliphatic heterocycles. The first-order chi connectivity index (χ1) is 10.7. The zero-order valence-electron chi connectivity index (χ0n) is 12.4. The average Bonchev–Trinajstić information content (AvgIpc) is 2.82. The molecule has 0 bridgehead atoms. The predicted molar refractivity (Wildman–Crippen MR) is 84.9 cm³/mol. The van der Waals surface area contributed by atoms with Gasteiger partial charge in [-0.25, -0.2) is 9.97 Å². The summed E-state index contributed by atoms with van der Waals surface area (Å²) < 4.78 is 13.9. The van der Waals surface area contributed by atoms with Gasteiger partial charge < -0.3 is 4.57 Å². The van der Waals surface area contributed by atoms with E-state index in [1.54, 1.807) is 12.1 Å². The highest BCUT2D eigenvalue weighted by molar-refractivity contribution is 6.06. The van der Waals surface area contributed by atoms with Gasteiger partial charge in [0.2, 0.25) is 5.95 Å². The Bertz CT molecular complexity index is 916. The molecule has 0 N–H and O–H groups in total. The molecule has 4 rings (SSSR count). The van der Waals surface area contributed by atoms with E-state index in [1.165, 1.54) is 28.6 Å².